The normalized spacial score (nSPS) is 13.6. The Morgan fingerprint density at radius 1 is 1.15 bits per heavy atom. The van der Waals surface area contributed by atoms with Crippen molar-refractivity contribution in [3.8, 4) is 0 Å². The predicted octanol–water partition coefficient (Wildman–Crippen LogP) is 3.50. The molecule has 6 nitrogen and oxygen atoms in total. The zero-order valence-corrected chi connectivity index (χ0v) is 15.6. The van der Waals surface area contributed by atoms with Crippen molar-refractivity contribution >= 4 is 35.1 Å². The number of nitrogens with one attached hydrogen (secondary N) is 1. The molecule has 1 aliphatic heterocycles. The van der Waals surface area contributed by atoms with E-state index in [0.717, 1.165) is 18.5 Å². The van der Waals surface area contributed by atoms with Gasteiger partial charge in [0.15, 0.2) is 0 Å². The fourth-order valence-electron chi connectivity index (χ4n) is 2.91. The first-order chi connectivity index (χ1) is 13.0. The molecule has 0 bridgehead atoms. The van der Waals surface area contributed by atoms with Gasteiger partial charge in [-0.25, -0.2) is 4.79 Å². The lowest BCUT2D eigenvalue weighted by molar-refractivity contribution is -0.128. The minimum atomic E-state index is -0.511. The van der Waals surface area contributed by atoms with E-state index in [4.69, 9.17) is 11.6 Å². The molecule has 1 N–H and O–H groups in total. The van der Waals surface area contributed by atoms with Gasteiger partial charge >= 0.3 is 5.97 Å². The first kappa shape index (κ1) is 18.9. The molecule has 2 aromatic rings. The van der Waals surface area contributed by atoms with Crippen LogP contribution in [0.15, 0.2) is 42.5 Å². The van der Waals surface area contributed by atoms with Gasteiger partial charge in [-0.2, -0.15) is 0 Å². The fourth-order valence-corrected chi connectivity index (χ4v) is 3.08. The van der Waals surface area contributed by atoms with E-state index in [2.05, 4.69) is 10.1 Å². The number of likely N-dealkylation sites (tertiary alicyclic amines) is 1. The van der Waals surface area contributed by atoms with Crippen LogP contribution in [0, 0.1) is 0 Å². The molecule has 27 heavy (non-hydrogen) atoms. The Bertz CT molecular complexity index is 880. The largest absolute Gasteiger partial charge is 0.465 e. The summed E-state index contributed by atoms with van der Waals surface area (Å²) in [5, 5.41) is 3.02. The maximum absolute atomic E-state index is 12.5. The Morgan fingerprint density at radius 2 is 1.85 bits per heavy atom. The molecular weight excluding hydrogens is 368 g/mol. The van der Waals surface area contributed by atoms with Crippen LogP contribution in [0.2, 0.25) is 5.02 Å². The quantitative estimate of drug-likeness (QED) is 0.798. The van der Waals surface area contributed by atoms with Gasteiger partial charge in [0.2, 0.25) is 5.91 Å². The van der Waals surface area contributed by atoms with Gasteiger partial charge in [-0.15, -0.1) is 0 Å². The van der Waals surface area contributed by atoms with E-state index in [1.807, 2.05) is 17.0 Å². The Kier molecular flexibility index (Phi) is 5.76. The van der Waals surface area contributed by atoms with E-state index in [1.54, 1.807) is 12.1 Å². The number of halogens is 1. The van der Waals surface area contributed by atoms with Crippen LogP contribution < -0.4 is 5.32 Å². The van der Waals surface area contributed by atoms with Crippen molar-refractivity contribution in [3.05, 3.63) is 64.2 Å². The van der Waals surface area contributed by atoms with E-state index in [9.17, 15) is 14.4 Å². The van der Waals surface area contributed by atoms with Crippen molar-refractivity contribution in [2.75, 3.05) is 19.0 Å². The Hall–Kier alpha value is -2.86. The molecule has 2 amide bonds. The number of hydrogen-bond acceptors (Lipinski definition) is 4. The number of methoxy groups -OCH3 is 1. The molecule has 1 fully saturated rings. The van der Waals surface area contributed by atoms with Crippen LogP contribution in [-0.2, 0) is 16.1 Å². The summed E-state index contributed by atoms with van der Waals surface area (Å²) in [6.07, 6.45) is 1.50. The van der Waals surface area contributed by atoms with Crippen LogP contribution >= 0.6 is 11.6 Å². The van der Waals surface area contributed by atoms with Gasteiger partial charge < -0.3 is 15.0 Å². The summed E-state index contributed by atoms with van der Waals surface area (Å²) >= 11 is 6.11. The maximum Gasteiger partial charge on any atom is 0.337 e. The van der Waals surface area contributed by atoms with Gasteiger partial charge in [-0.1, -0.05) is 23.7 Å². The first-order valence-electron chi connectivity index (χ1n) is 8.54. The molecule has 140 valence electrons. The van der Waals surface area contributed by atoms with Gasteiger partial charge in [-0.3, -0.25) is 9.59 Å². The summed E-state index contributed by atoms with van der Waals surface area (Å²) in [7, 11) is 1.28. The van der Waals surface area contributed by atoms with Gasteiger partial charge in [0, 0.05) is 25.1 Å². The molecule has 0 radical (unpaired) electrons. The zero-order valence-electron chi connectivity index (χ0n) is 14.8. The first-order valence-corrected chi connectivity index (χ1v) is 8.91. The number of hydrogen-bond donors (Lipinski definition) is 1. The molecule has 0 atom stereocenters. The number of esters is 1. The average molecular weight is 387 g/mol. The summed E-state index contributed by atoms with van der Waals surface area (Å²) in [5.74, 6) is -0.692. The van der Waals surface area contributed by atoms with Crippen molar-refractivity contribution in [1.29, 1.82) is 0 Å². The smallest absolute Gasteiger partial charge is 0.337 e. The Balaban J connectivity index is 1.69. The lowest BCUT2D eigenvalue weighted by Crippen LogP contribution is -2.23. The van der Waals surface area contributed by atoms with E-state index < -0.39 is 5.97 Å². The predicted molar refractivity (Wildman–Crippen MR) is 102 cm³/mol. The number of carbonyl (C=O) groups is 3. The third kappa shape index (κ3) is 4.46. The highest BCUT2D eigenvalue weighted by Gasteiger charge is 2.20. The monoisotopic (exact) mass is 386 g/mol. The Labute approximate surface area is 162 Å². The molecule has 0 saturated carbocycles. The molecule has 2 aromatic carbocycles. The summed E-state index contributed by atoms with van der Waals surface area (Å²) in [6.45, 7) is 1.32. The third-order valence-corrected chi connectivity index (χ3v) is 4.73. The SMILES string of the molecule is COC(=O)c1ccc(Cl)c(NC(=O)c2ccc(CN3CCCC3=O)cc2)c1. The lowest BCUT2D eigenvalue weighted by Gasteiger charge is -2.15. The second kappa shape index (κ2) is 8.22. The summed E-state index contributed by atoms with van der Waals surface area (Å²) in [5.41, 5.74) is 2.04. The third-order valence-electron chi connectivity index (χ3n) is 4.40. The summed E-state index contributed by atoms with van der Waals surface area (Å²) < 4.78 is 4.67. The van der Waals surface area contributed by atoms with E-state index >= 15 is 0 Å². The minimum absolute atomic E-state index is 0.164. The molecule has 1 saturated heterocycles. The lowest BCUT2D eigenvalue weighted by atomic mass is 10.1. The second-order valence-electron chi connectivity index (χ2n) is 6.26. The number of rotatable bonds is 5. The van der Waals surface area contributed by atoms with Crippen LogP contribution in [0.3, 0.4) is 0 Å². The van der Waals surface area contributed by atoms with Crippen LogP contribution in [0.1, 0.15) is 39.1 Å². The van der Waals surface area contributed by atoms with Gasteiger partial charge in [0.05, 0.1) is 23.4 Å². The molecule has 0 unspecified atom stereocenters. The van der Waals surface area contributed by atoms with Crippen molar-refractivity contribution in [3.63, 3.8) is 0 Å². The molecular formula is C20H19ClN2O4. The fraction of sp³-hybridized carbons (Fsp3) is 0.250. The number of benzene rings is 2. The molecule has 0 aliphatic carbocycles. The van der Waals surface area contributed by atoms with Gasteiger partial charge in [-0.05, 0) is 42.3 Å². The van der Waals surface area contributed by atoms with Crippen LogP contribution in [0.25, 0.3) is 0 Å². The standard InChI is InChI=1S/C20H19ClN2O4/c1-27-20(26)15-8-9-16(21)17(11-15)22-19(25)14-6-4-13(5-7-14)12-23-10-2-3-18(23)24/h4-9,11H,2-3,10,12H2,1H3,(H,22,25). The molecule has 3 rings (SSSR count). The van der Waals surface area contributed by atoms with Crippen LogP contribution in [0.5, 0.6) is 0 Å². The average Bonchev–Trinajstić information content (AvgIpc) is 3.08. The number of nitrogens with zero attached hydrogens (tertiary/aromatic N) is 1. The van der Waals surface area contributed by atoms with E-state index in [1.165, 1.54) is 25.3 Å². The highest BCUT2D eigenvalue weighted by atomic mass is 35.5. The van der Waals surface area contributed by atoms with Crippen LogP contribution in [-0.4, -0.2) is 36.3 Å². The molecule has 0 aromatic heterocycles. The van der Waals surface area contributed by atoms with Crippen molar-refractivity contribution < 1.29 is 19.1 Å². The second-order valence-corrected chi connectivity index (χ2v) is 6.66. The Morgan fingerprint density at radius 3 is 2.48 bits per heavy atom. The summed E-state index contributed by atoms with van der Waals surface area (Å²) in [6, 6.07) is 11.6. The zero-order chi connectivity index (χ0) is 19.4. The molecule has 0 spiro atoms. The molecule has 1 aliphatic rings. The number of amides is 2. The van der Waals surface area contributed by atoms with Crippen LogP contribution in [0.4, 0.5) is 5.69 Å². The highest BCUT2D eigenvalue weighted by Crippen LogP contribution is 2.24. The van der Waals surface area contributed by atoms with E-state index in [0.29, 0.717) is 34.8 Å². The minimum Gasteiger partial charge on any atom is -0.465 e. The topological polar surface area (TPSA) is 75.7 Å². The van der Waals surface area contributed by atoms with Crippen molar-refractivity contribution in [2.45, 2.75) is 19.4 Å². The number of ether oxygens (including phenoxy) is 1. The van der Waals surface area contributed by atoms with Gasteiger partial charge in [0.25, 0.3) is 5.91 Å². The van der Waals surface area contributed by atoms with Crippen molar-refractivity contribution in [1.82, 2.24) is 4.90 Å². The van der Waals surface area contributed by atoms with Gasteiger partial charge in [0.1, 0.15) is 0 Å². The van der Waals surface area contributed by atoms with E-state index in [-0.39, 0.29) is 11.8 Å². The summed E-state index contributed by atoms with van der Waals surface area (Å²) in [4.78, 5) is 37.6. The number of carbonyl (C=O) groups excluding carboxylic acids is 3. The number of anilines is 1. The molecule has 1 heterocycles. The maximum atomic E-state index is 12.5. The molecule has 7 heteroatoms. The highest BCUT2D eigenvalue weighted by molar-refractivity contribution is 6.34. The van der Waals surface area contributed by atoms with Crippen molar-refractivity contribution in [2.24, 2.45) is 0 Å².